The number of carbonyl (C=O) groups is 2. The highest BCUT2D eigenvalue weighted by molar-refractivity contribution is 6.30. The van der Waals surface area contributed by atoms with Crippen LogP contribution in [0.3, 0.4) is 0 Å². The average molecular weight is 377 g/mol. The summed E-state index contributed by atoms with van der Waals surface area (Å²) < 4.78 is 5.16. The van der Waals surface area contributed by atoms with E-state index in [1.54, 1.807) is 38.4 Å². The van der Waals surface area contributed by atoms with E-state index in [1.807, 2.05) is 24.3 Å². The molecule has 2 rings (SSSR count). The van der Waals surface area contributed by atoms with E-state index in [0.717, 1.165) is 16.2 Å². The van der Waals surface area contributed by atoms with Gasteiger partial charge in [0, 0.05) is 17.3 Å². The Labute approximate surface area is 158 Å². The van der Waals surface area contributed by atoms with Gasteiger partial charge in [-0.15, -0.1) is 0 Å². The molecule has 0 heterocycles. The van der Waals surface area contributed by atoms with Crippen molar-refractivity contribution in [1.82, 2.24) is 5.32 Å². The summed E-state index contributed by atoms with van der Waals surface area (Å²) in [6.45, 7) is 0.813. The van der Waals surface area contributed by atoms with Gasteiger partial charge in [0.25, 0.3) is 11.8 Å². The van der Waals surface area contributed by atoms with Gasteiger partial charge in [-0.05, 0) is 42.0 Å². The number of hydrogen-bond donors (Lipinski definition) is 3. The second kappa shape index (κ2) is 9.79. The van der Waals surface area contributed by atoms with Crippen LogP contribution in [0.15, 0.2) is 48.5 Å². The largest absolute Gasteiger partial charge is 0.497 e. The van der Waals surface area contributed by atoms with Crippen LogP contribution < -0.4 is 20.3 Å². The molecule has 0 aliphatic heterocycles. The first-order valence-electron chi connectivity index (χ1n) is 8.22. The van der Waals surface area contributed by atoms with E-state index >= 15 is 0 Å². The van der Waals surface area contributed by atoms with Crippen LogP contribution in [0.2, 0.25) is 5.02 Å². The molecule has 0 saturated carbocycles. The van der Waals surface area contributed by atoms with E-state index < -0.39 is 0 Å². The molecule has 1 atom stereocenters. The summed E-state index contributed by atoms with van der Waals surface area (Å²) in [7, 11) is 3.40. The van der Waals surface area contributed by atoms with Gasteiger partial charge in [-0.25, -0.2) is 0 Å². The summed E-state index contributed by atoms with van der Waals surface area (Å²) in [5.41, 5.74) is 1.63. The lowest BCUT2D eigenvalue weighted by Gasteiger charge is -2.14. The van der Waals surface area contributed by atoms with Gasteiger partial charge >= 0.3 is 0 Å². The first kappa shape index (κ1) is 19.8. The molecule has 0 aliphatic rings. The Morgan fingerprint density at radius 2 is 1.77 bits per heavy atom. The molecule has 0 aliphatic carbocycles. The predicted molar refractivity (Wildman–Crippen MR) is 102 cm³/mol. The van der Waals surface area contributed by atoms with Crippen molar-refractivity contribution in [3.05, 3.63) is 59.1 Å². The number of halogens is 1. The van der Waals surface area contributed by atoms with E-state index in [-0.39, 0.29) is 24.9 Å². The summed E-state index contributed by atoms with van der Waals surface area (Å²) in [5.74, 6) is 0.466. The zero-order valence-corrected chi connectivity index (χ0v) is 15.6. The van der Waals surface area contributed by atoms with Gasteiger partial charge < -0.3 is 20.3 Å². The molecule has 0 fully saturated rings. The fraction of sp³-hybridized carbons (Fsp3) is 0.263. The number of carbonyl (C=O) groups excluding carboxylic acids is 2. The standard InChI is InChI=1S/C19H22ClN3O3/c1-23(13-19(25)22-16-8-6-15(20)7-9-16)12-18(24)21-11-14-4-3-5-17(10-14)26-2/h3-10H,11-13H2,1-2H3,(H,21,24)(H,22,25)/p+1. The van der Waals surface area contributed by atoms with E-state index in [4.69, 9.17) is 16.3 Å². The normalized spacial score (nSPS) is 11.5. The third-order valence-electron chi connectivity index (χ3n) is 3.68. The zero-order valence-electron chi connectivity index (χ0n) is 14.8. The number of anilines is 1. The van der Waals surface area contributed by atoms with Gasteiger partial charge in [-0.3, -0.25) is 9.59 Å². The molecule has 2 aromatic carbocycles. The van der Waals surface area contributed by atoms with Gasteiger partial charge in [0.1, 0.15) is 5.75 Å². The van der Waals surface area contributed by atoms with Crippen molar-refractivity contribution in [2.45, 2.75) is 6.54 Å². The Bertz CT molecular complexity index is 750. The maximum absolute atomic E-state index is 12.0. The molecular formula is C19H23ClN3O3+. The van der Waals surface area contributed by atoms with Crippen LogP contribution in [-0.4, -0.2) is 39.1 Å². The summed E-state index contributed by atoms with van der Waals surface area (Å²) >= 11 is 5.81. The summed E-state index contributed by atoms with van der Waals surface area (Å²) in [6, 6.07) is 14.4. The molecule has 0 aromatic heterocycles. The molecular weight excluding hydrogens is 354 g/mol. The maximum atomic E-state index is 12.0. The number of ether oxygens (including phenoxy) is 1. The number of likely N-dealkylation sites (N-methyl/N-ethyl adjacent to an activating group) is 1. The summed E-state index contributed by atoms with van der Waals surface area (Å²) in [6.07, 6.45) is 0. The highest BCUT2D eigenvalue weighted by atomic mass is 35.5. The lowest BCUT2D eigenvalue weighted by Crippen LogP contribution is -3.11. The zero-order chi connectivity index (χ0) is 18.9. The maximum Gasteiger partial charge on any atom is 0.279 e. The Morgan fingerprint density at radius 3 is 2.46 bits per heavy atom. The average Bonchev–Trinajstić information content (AvgIpc) is 2.62. The molecule has 1 unspecified atom stereocenters. The molecule has 138 valence electrons. The minimum Gasteiger partial charge on any atom is -0.497 e. The van der Waals surface area contributed by atoms with Crippen molar-refractivity contribution >= 4 is 29.1 Å². The van der Waals surface area contributed by atoms with Crippen LogP contribution in [-0.2, 0) is 16.1 Å². The molecule has 0 saturated heterocycles. The molecule has 2 amide bonds. The smallest absolute Gasteiger partial charge is 0.279 e. The topological polar surface area (TPSA) is 71.9 Å². The lowest BCUT2D eigenvalue weighted by molar-refractivity contribution is -0.862. The van der Waals surface area contributed by atoms with Crippen LogP contribution in [0.1, 0.15) is 5.56 Å². The van der Waals surface area contributed by atoms with Gasteiger partial charge in [0.15, 0.2) is 13.1 Å². The molecule has 6 nitrogen and oxygen atoms in total. The third kappa shape index (κ3) is 6.74. The monoisotopic (exact) mass is 376 g/mol. The van der Waals surface area contributed by atoms with Crippen molar-refractivity contribution in [3.8, 4) is 5.75 Å². The quantitative estimate of drug-likeness (QED) is 0.646. The minimum absolute atomic E-state index is 0.121. The molecule has 7 heteroatoms. The van der Waals surface area contributed by atoms with Crippen LogP contribution in [0.5, 0.6) is 5.75 Å². The highest BCUT2D eigenvalue weighted by Crippen LogP contribution is 2.13. The fourth-order valence-corrected chi connectivity index (χ4v) is 2.52. The highest BCUT2D eigenvalue weighted by Gasteiger charge is 2.14. The van der Waals surface area contributed by atoms with Crippen molar-refractivity contribution < 1.29 is 19.2 Å². The molecule has 0 radical (unpaired) electrons. The summed E-state index contributed by atoms with van der Waals surface area (Å²) in [5, 5.41) is 6.24. The SMILES string of the molecule is COc1cccc(CNC(=O)C[NH+](C)CC(=O)Nc2ccc(Cl)cc2)c1. The van der Waals surface area contributed by atoms with Crippen LogP contribution >= 0.6 is 11.6 Å². The first-order chi connectivity index (χ1) is 12.5. The predicted octanol–water partition coefficient (Wildman–Crippen LogP) is 1.12. The number of nitrogens with one attached hydrogen (secondary N) is 3. The van der Waals surface area contributed by atoms with Gasteiger partial charge in [0.05, 0.1) is 14.2 Å². The number of methoxy groups -OCH3 is 1. The number of quaternary nitrogens is 1. The van der Waals surface area contributed by atoms with E-state index in [9.17, 15) is 9.59 Å². The molecule has 3 N–H and O–H groups in total. The van der Waals surface area contributed by atoms with Gasteiger partial charge in [0.2, 0.25) is 0 Å². The Hall–Kier alpha value is -2.57. The lowest BCUT2D eigenvalue weighted by atomic mass is 10.2. The van der Waals surface area contributed by atoms with E-state index in [2.05, 4.69) is 10.6 Å². The summed E-state index contributed by atoms with van der Waals surface area (Å²) in [4.78, 5) is 24.9. The number of hydrogen-bond acceptors (Lipinski definition) is 3. The van der Waals surface area contributed by atoms with Crippen LogP contribution in [0.4, 0.5) is 5.69 Å². The van der Waals surface area contributed by atoms with E-state index in [0.29, 0.717) is 17.3 Å². The minimum atomic E-state index is -0.162. The third-order valence-corrected chi connectivity index (χ3v) is 3.93. The molecule has 0 spiro atoms. The van der Waals surface area contributed by atoms with Crippen molar-refractivity contribution in [3.63, 3.8) is 0 Å². The molecule has 26 heavy (non-hydrogen) atoms. The second-order valence-electron chi connectivity index (χ2n) is 5.99. The van der Waals surface area contributed by atoms with Gasteiger partial charge in [-0.2, -0.15) is 0 Å². The second-order valence-corrected chi connectivity index (χ2v) is 6.43. The van der Waals surface area contributed by atoms with Gasteiger partial charge in [-0.1, -0.05) is 23.7 Å². The van der Waals surface area contributed by atoms with Crippen molar-refractivity contribution in [2.24, 2.45) is 0 Å². The van der Waals surface area contributed by atoms with Crippen LogP contribution in [0, 0.1) is 0 Å². The van der Waals surface area contributed by atoms with Crippen molar-refractivity contribution in [2.75, 3.05) is 32.6 Å². The fourth-order valence-electron chi connectivity index (χ4n) is 2.39. The Kier molecular flexibility index (Phi) is 7.44. The first-order valence-corrected chi connectivity index (χ1v) is 8.60. The van der Waals surface area contributed by atoms with E-state index in [1.165, 1.54) is 0 Å². The molecule has 0 bridgehead atoms. The van der Waals surface area contributed by atoms with Crippen LogP contribution in [0.25, 0.3) is 0 Å². The molecule has 2 aromatic rings. The Morgan fingerprint density at radius 1 is 1.08 bits per heavy atom. The Balaban J connectivity index is 1.73. The number of amides is 2. The van der Waals surface area contributed by atoms with Crippen molar-refractivity contribution in [1.29, 1.82) is 0 Å². The number of benzene rings is 2. The number of rotatable bonds is 8.